The molecule has 0 saturated heterocycles. The highest BCUT2D eigenvalue weighted by molar-refractivity contribution is 6.00. The van der Waals surface area contributed by atoms with Crippen LogP contribution in [0.2, 0.25) is 0 Å². The number of hydrogen-bond donors (Lipinski definition) is 1. The summed E-state index contributed by atoms with van der Waals surface area (Å²) < 4.78 is 33.1. The number of imidazole rings is 1. The number of alkyl halides is 2. The van der Waals surface area contributed by atoms with E-state index in [1.807, 2.05) is 46.0 Å². The normalized spacial score (nSPS) is 14.5. The summed E-state index contributed by atoms with van der Waals surface area (Å²) in [4.78, 5) is 19.7. The van der Waals surface area contributed by atoms with E-state index in [0.29, 0.717) is 23.3 Å². The van der Waals surface area contributed by atoms with Crippen molar-refractivity contribution in [2.75, 3.05) is 20.6 Å². The Morgan fingerprint density at radius 3 is 2.69 bits per heavy atom. The first-order chi connectivity index (χ1) is 17.0. The number of ether oxygens (including phenoxy) is 1. The second kappa shape index (κ2) is 11.8. The van der Waals surface area contributed by atoms with E-state index in [1.54, 1.807) is 28.6 Å². The number of rotatable bonds is 6. The molecule has 0 bridgehead atoms. The lowest BCUT2D eigenvalue weighted by Crippen LogP contribution is -2.30. The molecule has 1 aliphatic heterocycles. The number of amides is 1. The molecule has 3 aromatic rings. The van der Waals surface area contributed by atoms with Gasteiger partial charge in [0.25, 0.3) is 5.91 Å². The Labute approximate surface area is 205 Å². The molecule has 186 valence electrons. The summed E-state index contributed by atoms with van der Waals surface area (Å²) in [5, 5.41) is 3.10. The molecule has 2 aromatic carbocycles. The molecule has 1 aromatic heterocycles. The second-order valence-electron chi connectivity index (χ2n) is 7.89. The fourth-order valence-corrected chi connectivity index (χ4v) is 4.23. The predicted molar refractivity (Wildman–Crippen MR) is 134 cm³/mol. The Morgan fingerprint density at radius 1 is 1.23 bits per heavy atom. The smallest absolute Gasteiger partial charge is 0.387 e. The lowest BCUT2D eigenvalue weighted by atomic mass is 10.1. The molecule has 6 nitrogen and oxygen atoms in total. The average Bonchev–Trinajstić information content (AvgIpc) is 3.18. The molecular weight excluding hydrogens is 450 g/mol. The van der Waals surface area contributed by atoms with Gasteiger partial charge in [-0.3, -0.25) is 9.36 Å². The minimum atomic E-state index is -3.02. The van der Waals surface area contributed by atoms with Crippen molar-refractivity contribution in [3.63, 3.8) is 0 Å². The summed E-state index contributed by atoms with van der Waals surface area (Å²) in [6.45, 7) is 3.84. The van der Waals surface area contributed by atoms with E-state index in [9.17, 15) is 13.6 Å². The first-order valence-corrected chi connectivity index (χ1v) is 12.0. The van der Waals surface area contributed by atoms with Crippen molar-refractivity contribution in [1.82, 2.24) is 19.8 Å². The number of fused-ring (bicyclic) bond motifs is 5. The van der Waals surface area contributed by atoms with E-state index in [0.717, 1.165) is 24.9 Å². The highest BCUT2D eigenvalue weighted by Crippen LogP contribution is 2.40. The van der Waals surface area contributed by atoms with E-state index in [1.165, 1.54) is 6.07 Å². The zero-order valence-corrected chi connectivity index (χ0v) is 20.9. The molecule has 0 saturated carbocycles. The molecule has 0 fully saturated rings. The van der Waals surface area contributed by atoms with Gasteiger partial charge < -0.3 is 15.0 Å². The monoisotopic (exact) mass is 482 g/mol. The number of benzene rings is 2. The Morgan fingerprint density at radius 2 is 2.00 bits per heavy atom. The van der Waals surface area contributed by atoms with Gasteiger partial charge in [-0.25, -0.2) is 4.98 Å². The highest BCUT2D eigenvalue weighted by Gasteiger charge is 2.35. The van der Waals surface area contributed by atoms with E-state index in [4.69, 9.17) is 9.72 Å². The standard InChI is InChI=1S/C25H26F2N4O2.C2H6/c1-4-19-23-29-18-13-12-16(9-6-5-7-14-28-2)15-20(18)31(23)22-17(24(32)30(19)3)10-8-11-21(22)33-25(26)27;1-2/h8,10-13,15,19,25,28H,4-5,7,14H2,1-3H3;1-2H3. The number of carbonyl (C=O) groups excluding carboxylic acids is 1. The molecule has 0 aliphatic carbocycles. The first kappa shape index (κ1) is 26.2. The number of hydrogen-bond acceptors (Lipinski definition) is 4. The molecular formula is C27H32F2N4O2. The van der Waals surface area contributed by atoms with Gasteiger partial charge in [0.1, 0.15) is 11.5 Å². The Balaban J connectivity index is 0.00000167. The summed E-state index contributed by atoms with van der Waals surface area (Å²) in [6.07, 6.45) is 2.32. The molecule has 2 heterocycles. The molecule has 4 rings (SSSR count). The van der Waals surface area contributed by atoms with Crippen LogP contribution >= 0.6 is 0 Å². The van der Waals surface area contributed by atoms with Crippen molar-refractivity contribution in [2.45, 2.75) is 52.7 Å². The summed E-state index contributed by atoms with van der Waals surface area (Å²) in [5.74, 6) is 6.62. The lowest BCUT2D eigenvalue weighted by Gasteiger charge is -2.24. The SMILES string of the molecule is CC.CCC1c2nc3ccc(C#CCCCNC)cc3n2-c2c(OC(F)F)cccc2C(=O)N1C. The van der Waals surface area contributed by atoms with Gasteiger partial charge in [0.2, 0.25) is 0 Å². The number of nitrogens with zero attached hydrogens (tertiary/aromatic N) is 3. The quantitative estimate of drug-likeness (QED) is 0.370. The van der Waals surface area contributed by atoms with E-state index in [2.05, 4.69) is 17.2 Å². The van der Waals surface area contributed by atoms with Gasteiger partial charge in [-0.15, -0.1) is 0 Å². The van der Waals surface area contributed by atoms with Crippen LogP contribution in [0.15, 0.2) is 36.4 Å². The van der Waals surface area contributed by atoms with Crippen LogP contribution in [0.5, 0.6) is 5.75 Å². The van der Waals surface area contributed by atoms with Gasteiger partial charge in [0.15, 0.2) is 5.75 Å². The van der Waals surface area contributed by atoms with E-state index < -0.39 is 6.61 Å². The summed E-state index contributed by atoms with van der Waals surface area (Å²) >= 11 is 0. The highest BCUT2D eigenvalue weighted by atomic mass is 19.3. The number of halogens is 2. The first-order valence-electron chi connectivity index (χ1n) is 12.0. The summed E-state index contributed by atoms with van der Waals surface area (Å²) in [6, 6.07) is 9.97. The Hall–Kier alpha value is -3.44. The molecule has 0 radical (unpaired) electrons. The molecule has 35 heavy (non-hydrogen) atoms. The van der Waals surface area contributed by atoms with Crippen LogP contribution in [-0.2, 0) is 0 Å². The van der Waals surface area contributed by atoms with Gasteiger partial charge in [-0.1, -0.05) is 38.7 Å². The van der Waals surface area contributed by atoms with Gasteiger partial charge in [0, 0.05) is 19.0 Å². The fraction of sp³-hybridized carbons (Fsp3) is 0.407. The van der Waals surface area contributed by atoms with Crippen LogP contribution in [0, 0.1) is 11.8 Å². The zero-order valence-electron chi connectivity index (χ0n) is 20.9. The topological polar surface area (TPSA) is 59.4 Å². The number of aromatic nitrogens is 2. The largest absolute Gasteiger partial charge is 0.433 e. The molecule has 1 aliphatic rings. The minimum absolute atomic E-state index is 0.0647. The fourth-order valence-electron chi connectivity index (χ4n) is 4.23. The molecule has 1 N–H and O–H groups in total. The van der Waals surface area contributed by atoms with Gasteiger partial charge >= 0.3 is 6.61 Å². The third kappa shape index (κ3) is 5.30. The van der Waals surface area contributed by atoms with Gasteiger partial charge in [-0.05, 0) is 56.8 Å². The lowest BCUT2D eigenvalue weighted by molar-refractivity contribution is -0.0498. The van der Waals surface area contributed by atoms with Crippen molar-refractivity contribution in [2.24, 2.45) is 0 Å². The third-order valence-corrected chi connectivity index (χ3v) is 5.78. The average molecular weight is 483 g/mol. The third-order valence-electron chi connectivity index (χ3n) is 5.78. The van der Waals surface area contributed by atoms with Crippen LogP contribution < -0.4 is 10.1 Å². The molecule has 1 amide bonds. The summed E-state index contributed by atoms with van der Waals surface area (Å²) in [7, 11) is 3.61. The second-order valence-corrected chi connectivity index (χ2v) is 7.89. The number of para-hydroxylation sites is 1. The molecule has 1 unspecified atom stereocenters. The van der Waals surface area contributed by atoms with Crippen LogP contribution in [0.3, 0.4) is 0 Å². The molecule has 8 heteroatoms. The van der Waals surface area contributed by atoms with Crippen LogP contribution in [0.25, 0.3) is 16.7 Å². The Bertz CT molecular complexity index is 1240. The van der Waals surface area contributed by atoms with E-state index >= 15 is 0 Å². The van der Waals surface area contributed by atoms with Crippen molar-refractivity contribution >= 4 is 16.9 Å². The van der Waals surface area contributed by atoms with Crippen molar-refractivity contribution in [3.05, 3.63) is 53.3 Å². The maximum atomic E-state index is 13.3. The minimum Gasteiger partial charge on any atom is -0.433 e. The van der Waals surface area contributed by atoms with Gasteiger partial charge in [-0.2, -0.15) is 8.78 Å². The number of nitrogens with one attached hydrogen (secondary N) is 1. The molecule has 0 spiro atoms. The van der Waals surface area contributed by atoms with Crippen molar-refractivity contribution < 1.29 is 18.3 Å². The van der Waals surface area contributed by atoms with Crippen molar-refractivity contribution in [3.8, 4) is 23.3 Å². The van der Waals surface area contributed by atoms with Crippen LogP contribution in [0.4, 0.5) is 8.78 Å². The number of unbranched alkanes of at least 4 members (excludes halogenated alkanes) is 1. The predicted octanol–water partition coefficient (Wildman–Crippen LogP) is 5.54. The van der Waals surface area contributed by atoms with E-state index in [-0.39, 0.29) is 28.9 Å². The zero-order chi connectivity index (χ0) is 25.5. The summed E-state index contributed by atoms with van der Waals surface area (Å²) in [5.41, 5.74) is 2.75. The maximum Gasteiger partial charge on any atom is 0.387 e. The Kier molecular flexibility index (Phi) is 8.83. The van der Waals surface area contributed by atoms with Crippen LogP contribution in [0.1, 0.15) is 67.8 Å². The maximum absolute atomic E-state index is 13.3. The van der Waals surface area contributed by atoms with Crippen LogP contribution in [-0.4, -0.2) is 47.6 Å². The number of carbonyl (C=O) groups is 1. The van der Waals surface area contributed by atoms with Gasteiger partial charge in [0.05, 0.1) is 22.6 Å². The van der Waals surface area contributed by atoms with Crippen molar-refractivity contribution in [1.29, 1.82) is 0 Å². The molecule has 1 atom stereocenters.